The summed E-state index contributed by atoms with van der Waals surface area (Å²) >= 11 is 0. The fourth-order valence-electron chi connectivity index (χ4n) is 10.9. The number of hydrogen-bond donors (Lipinski definition) is 2. The number of ether oxygens (including phenoxy) is 1. The van der Waals surface area contributed by atoms with Gasteiger partial charge < -0.3 is 19.4 Å². The van der Waals surface area contributed by atoms with Gasteiger partial charge in [0.05, 0.1) is 33.8 Å². The predicted molar refractivity (Wildman–Crippen MR) is 374 cm³/mol. The summed E-state index contributed by atoms with van der Waals surface area (Å²) in [4.78, 5) is 37.9. The van der Waals surface area contributed by atoms with Gasteiger partial charge in [0.2, 0.25) is 5.91 Å². The van der Waals surface area contributed by atoms with E-state index in [4.69, 9.17) is 13.8 Å². The Morgan fingerprint density at radius 3 is 1.07 bits per heavy atom. The van der Waals surface area contributed by atoms with E-state index in [9.17, 15) is 19.0 Å². The average Bonchev–Trinajstić information content (AvgIpc) is 3.65. The van der Waals surface area contributed by atoms with Crippen molar-refractivity contribution in [1.29, 1.82) is 0 Å². The lowest BCUT2D eigenvalue weighted by atomic mass is 10.0. The number of hydrogen-bond acceptors (Lipinski definition) is 6. The third-order valence-corrected chi connectivity index (χ3v) is 17.7. The molecule has 0 aromatic carbocycles. The molecule has 0 spiro atoms. The number of amides is 1. The molecule has 0 aliphatic rings. The second-order valence-corrected chi connectivity index (χ2v) is 27.9. The fraction of sp³-hybridized carbons (Fsp3) is 0.842. The van der Waals surface area contributed by atoms with Crippen LogP contribution in [0.5, 0.6) is 0 Å². The van der Waals surface area contributed by atoms with Gasteiger partial charge in [-0.1, -0.05) is 313 Å². The van der Waals surface area contributed by atoms with Crippen molar-refractivity contribution < 1.29 is 37.3 Å². The summed E-state index contributed by atoms with van der Waals surface area (Å²) in [5.41, 5.74) is 0. The highest BCUT2D eigenvalue weighted by molar-refractivity contribution is 7.47. The number of allylic oxidation sites excluding steroid dienone is 9. The zero-order chi connectivity index (χ0) is 62.8. The van der Waals surface area contributed by atoms with Gasteiger partial charge in [0.15, 0.2) is 0 Å². The summed E-state index contributed by atoms with van der Waals surface area (Å²) in [6, 6.07) is -0.850. The van der Waals surface area contributed by atoms with E-state index in [1.54, 1.807) is 0 Å². The summed E-state index contributed by atoms with van der Waals surface area (Å²) in [6.07, 6.45) is 85.2. The lowest BCUT2D eigenvalue weighted by molar-refractivity contribution is -0.870. The maximum Gasteiger partial charge on any atom is 0.472 e. The van der Waals surface area contributed by atoms with Crippen LogP contribution in [0.15, 0.2) is 60.8 Å². The first-order valence-electron chi connectivity index (χ1n) is 37.1. The zero-order valence-corrected chi connectivity index (χ0v) is 58.7. The summed E-state index contributed by atoms with van der Waals surface area (Å²) in [5, 5.41) is 3.08. The largest absolute Gasteiger partial charge is 0.472 e. The van der Waals surface area contributed by atoms with Crippen molar-refractivity contribution in [2.75, 3.05) is 40.9 Å². The minimum absolute atomic E-state index is 0.0406. The molecule has 0 saturated carbocycles. The van der Waals surface area contributed by atoms with E-state index in [-0.39, 0.29) is 25.1 Å². The normalized spacial score (nSPS) is 13.8. The summed E-state index contributed by atoms with van der Waals surface area (Å²) in [5.74, 6) is -0.492. The molecule has 504 valence electrons. The molecule has 0 aromatic rings. The fourth-order valence-corrected chi connectivity index (χ4v) is 11.7. The van der Waals surface area contributed by atoms with E-state index in [1.807, 2.05) is 33.3 Å². The molecule has 2 N–H and O–H groups in total. The molecular formula is C76H144N2O7P+. The Morgan fingerprint density at radius 2 is 0.709 bits per heavy atom. The van der Waals surface area contributed by atoms with Crippen molar-refractivity contribution in [3.63, 3.8) is 0 Å². The molecule has 0 bridgehead atoms. The molecule has 10 heteroatoms. The number of likely N-dealkylation sites (N-methyl/N-ethyl adjacent to an activating group) is 1. The van der Waals surface area contributed by atoms with Gasteiger partial charge in [0.1, 0.15) is 19.3 Å². The van der Waals surface area contributed by atoms with Crippen molar-refractivity contribution in [3.8, 4) is 0 Å². The van der Waals surface area contributed by atoms with Gasteiger partial charge in [-0.2, -0.15) is 0 Å². The van der Waals surface area contributed by atoms with Crippen LogP contribution in [0.4, 0.5) is 0 Å². The molecule has 0 saturated heterocycles. The van der Waals surface area contributed by atoms with Crippen LogP contribution in [-0.2, 0) is 27.9 Å². The van der Waals surface area contributed by atoms with Crippen molar-refractivity contribution >= 4 is 19.7 Å². The highest BCUT2D eigenvalue weighted by Crippen LogP contribution is 2.43. The molecule has 0 fully saturated rings. The van der Waals surface area contributed by atoms with Crippen LogP contribution in [0.1, 0.15) is 361 Å². The molecule has 0 radical (unpaired) electrons. The van der Waals surface area contributed by atoms with Gasteiger partial charge in [0.25, 0.3) is 0 Å². The maximum atomic E-state index is 13.6. The first-order chi connectivity index (χ1) is 41.9. The number of rotatable bonds is 68. The van der Waals surface area contributed by atoms with Crippen LogP contribution in [0, 0.1) is 0 Å². The minimum Gasteiger partial charge on any atom is -0.456 e. The molecule has 0 rings (SSSR count). The van der Waals surface area contributed by atoms with Crippen LogP contribution in [0.2, 0.25) is 0 Å². The van der Waals surface area contributed by atoms with Gasteiger partial charge in [-0.25, -0.2) is 4.57 Å². The lowest BCUT2D eigenvalue weighted by Gasteiger charge is -2.27. The maximum absolute atomic E-state index is 13.6. The molecule has 0 aliphatic carbocycles. The number of esters is 1. The van der Waals surface area contributed by atoms with Crippen LogP contribution in [0.3, 0.4) is 0 Å². The quantitative estimate of drug-likeness (QED) is 0.0205. The zero-order valence-electron chi connectivity index (χ0n) is 57.8. The van der Waals surface area contributed by atoms with Gasteiger partial charge >= 0.3 is 13.8 Å². The summed E-state index contributed by atoms with van der Waals surface area (Å²) in [7, 11) is 1.51. The van der Waals surface area contributed by atoms with E-state index < -0.39 is 20.0 Å². The summed E-state index contributed by atoms with van der Waals surface area (Å²) in [6.45, 7) is 7.01. The Balaban J connectivity index is 4.97. The Bertz CT molecular complexity index is 1650. The highest BCUT2D eigenvalue weighted by Gasteiger charge is 2.30. The van der Waals surface area contributed by atoms with Gasteiger partial charge in [0, 0.05) is 12.8 Å². The van der Waals surface area contributed by atoms with Crippen molar-refractivity contribution in [1.82, 2.24) is 5.32 Å². The SMILES string of the molecule is CCCCC/C=C\C/C=C\CCCCCCCCCCCCCCCCCCCC(=O)OC(/C=C\CCCCCCCCCCCC)C(COP(=O)(O)OCC[N+](C)(C)C)NC(=O)CCCCCCCCCCCCC/C=C\C/C=C\CCCCC. The van der Waals surface area contributed by atoms with Gasteiger partial charge in [-0.15, -0.1) is 0 Å². The molecular weight excluding hydrogens is 1080 g/mol. The number of phosphoric acid groups is 1. The molecule has 0 aromatic heterocycles. The summed E-state index contributed by atoms with van der Waals surface area (Å²) < 4.78 is 30.9. The topological polar surface area (TPSA) is 111 Å². The van der Waals surface area contributed by atoms with E-state index in [1.165, 1.54) is 257 Å². The molecule has 3 unspecified atom stereocenters. The number of unbranched alkanes of at least 4 members (excludes halogenated alkanes) is 44. The number of carbonyl (C=O) groups excluding carboxylic acids is 2. The van der Waals surface area contributed by atoms with E-state index in [2.05, 4.69) is 74.7 Å². The third kappa shape index (κ3) is 66.1. The molecule has 0 heterocycles. The number of quaternary nitrogens is 1. The van der Waals surface area contributed by atoms with E-state index >= 15 is 0 Å². The van der Waals surface area contributed by atoms with Crippen LogP contribution in [0.25, 0.3) is 0 Å². The van der Waals surface area contributed by atoms with Crippen molar-refractivity contribution in [2.24, 2.45) is 0 Å². The van der Waals surface area contributed by atoms with Crippen LogP contribution < -0.4 is 5.32 Å². The average molecular weight is 1230 g/mol. The standard InChI is InChI=1S/C76H143N2O7P/c1-7-10-13-16-19-22-25-28-30-32-34-36-37-38-39-40-41-43-45-47-49-51-54-57-60-63-66-69-76(80)85-74(67-64-61-58-55-52-27-24-21-18-15-12-9-3)73(72-84-86(81,82)83-71-70-78(4,5)6)77-75(79)68-65-62-59-56-53-50-48-46-44-42-35-33-31-29-26-23-20-17-14-11-8-2/h19-20,22-23,28-31,64,67,73-74H,7-18,21,24-27,32-63,65-66,68-72H2,1-6H3,(H-,77,79,81,82)/p+1/b22-19-,23-20-,30-28-,31-29-,67-64-. The first-order valence-corrected chi connectivity index (χ1v) is 38.6. The number of carbonyl (C=O) groups is 2. The van der Waals surface area contributed by atoms with E-state index in [0.29, 0.717) is 23.9 Å². The second-order valence-electron chi connectivity index (χ2n) is 26.5. The molecule has 9 nitrogen and oxygen atoms in total. The Kier molecular flexibility index (Phi) is 63.9. The van der Waals surface area contributed by atoms with Crippen molar-refractivity contribution in [3.05, 3.63) is 60.8 Å². The third-order valence-electron chi connectivity index (χ3n) is 16.7. The molecule has 86 heavy (non-hydrogen) atoms. The minimum atomic E-state index is -4.46. The Morgan fingerprint density at radius 1 is 0.407 bits per heavy atom. The monoisotopic (exact) mass is 1230 g/mol. The lowest BCUT2D eigenvalue weighted by Crippen LogP contribution is -2.47. The Hall–Kier alpha value is -2.29. The van der Waals surface area contributed by atoms with Gasteiger partial charge in [-0.3, -0.25) is 18.6 Å². The highest BCUT2D eigenvalue weighted by atomic mass is 31.2. The number of nitrogens with one attached hydrogen (secondary N) is 1. The molecule has 0 aliphatic heterocycles. The Labute approximate surface area is 534 Å². The first kappa shape index (κ1) is 83.7. The van der Waals surface area contributed by atoms with Crippen molar-refractivity contribution in [2.45, 2.75) is 373 Å². The van der Waals surface area contributed by atoms with E-state index in [0.717, 1.165) is 70.6 Å². The molecule has 1 amide bonds. The molecule has 3 atom stereocenters. The van der Waals surface area contributed by atoms with Crippen LogP contribution in [-0.4, -0.2) is 74.3 Å². The predicted octanol–water partition coefficient (Wildman–Crippen LogP) is 23.7. The van der Waals surface area contributed by atoms with Gasteiger partial charge in [-0.05, 0) is 96.0 Å². The number of nitrogens with zero attached hydrogens (tertiary/aromatic N) is 1. The van der Waals surface area contributed by atoms with Crippen LogP contribution >= 0.6 is 7.82 Å². The smallest absolute Gasteiger partial charge is 0.456 e. The second kappa shape index (κ2) is 65.7. The number of phosphoric ester groups is 1.